The van der Waals surface area contributed by atoms with Gasteiger partial charge in [-0.25, -0.2) is 4.68 Å². The van der Waals surface area contributed by atoms with Crippen molar-refractivity contribution in [2.75, 3.05) is 13.6 Å². The molecule has 5 heteroatoms. The van der Waals surface area contributed by atoms with Gasteiger partial charge in [-0.2, -0.15) is 5.10 Å². The fraction of sp³-hybridized carbons (Fsp3) is 0.786. The van der Waals surface area contributed by atoms with Crippen LogP contribution >= 0.6 is 11.6 Å². The lowest BCUT2D eigenvalue weighted by atomic mass is 10.2. The summed E-state index contributed by atoms with van der Waals surface area (Å²) in [7, 11) is 2.17. The number of likely N-dealkylation sites (tertiary alicyclic amines) is 1. The minimum atomic E-state index is 0.337. The molecule has 1 saturated heterocycles. The van der Waals surface area contributed by atoms with Gasteiger partial charge in [-0.3, -0.25) is 0 Å². The Labute approximate surface area is 119 Å². The summed E-state index contributed by atoms with van der Waals surface area (Å²) < 4.78 is 7.84. The van der Waals surface area contributed by atoms with Gasteiger partial charge in [0, 0.05) is 6.04 Å². The number of aromatic nitrogens is 2. The Hall–Kier alpha value is -0.740. The Balaban J connectivity index is 1.64. The van der Waals surface area contributed by atoms with Crippen molar-refractivity contribution in [2.24, 2.45) is 0 Å². The molecule has 0 aromatic carbocycles. The Kier molecular flexibility index (Phi) is 3.99. The maximum absolute atomic E-state index is 6.39. The minimum absolute atomic E-state index is 0.337. The molecule has 1 aliphatic carbocycles. The summed E-state index contributed by atoms with van der Waals surface area (Å²) in [6.07, 6.45) is 9.43. The highest BCUT2D eigenvalue weighted by atomic mass is 35.5. The molecule has 106 valence electrons. The van der Waals surface area contributed by atoms with Crippen molar-refractivity contribution in [2.45, 2.75) is 57.2 Å². The normalized spacial score (nSPS) is 25.3. The van der Waals surface area contributed by atoms with Gasteiger partial charge in [-0.05, 0) is 52.1 Å². The zero-order valence-corrected chi connectivity index (χ0v) is 12.3. The van der Waals surface area contributed by atoms with Gasteiger partial charge in [0.25, 0.3) is 0 Å². The quantitative estimate of drug-likeness (QED) is 0.851. The van der Waals surface area contributed by atoms with Crippen molar-refractivity contribution in [3.05, 3.63) is 11.3 Å². The standard InChI is InChI=1S/C14H22ClN3O/c1-17-8-4-5-11(17)10-18-14(15)13(9-16-18)19-12-6-2-3-7-12/h9,11-12H,2-8,10H2,1H3. The molecule has 1 unspecified atom stereocenters. The topological polar surface area (TPSA) is 30.3 Å². The average Bonchev–Trinajstić information content (AvgIpc) is 3.10. The van der Waals surface area contributed by atoms with Gasteiger partial charge in [0.2, 0.25) is 0 Å². The van der Waals surface area contributed by atoms with Gasteiger partial charge in [0.1, 0.15) is 0 Å². The largest absolute Gasteiger partial charge is 0.486 e. The molecule has 0 radical (unpaired) electrons. The second kappa shape index (κ2) is 5.71. The SMILES string of the molecule is CN1CCCC1Cn1ncc(OC2CCCC2)c1Cl. The Morgan fingerprint density at radius 3 is 2.79 bits per heavy atom. The lowest BCUT2D eigenvalue weighted by Crippen LogP contribution is -2.29. The number of hydrogen-bond donors (Lipinski definition) is 0. The molecule has 0 N–H and O–H groups in total. The third kappa shape index (κ3) is 2.90. The first-order valence-corrected chi connectivity index (χ1v) is 7.70. The van der Waals surface area contributed by atoms with Crippen molar-refractivity contribution < 1.29 is 4.74 Å². The van der Waals surface area contributed by atoms with Gasteiger partial charge < -0.3 is 9.64 Å². The van der Waals surface area contributed by atoms with E-state index in [1.807, 2.05) is 4.68 Å². The molecule has 2 heterocycles. The molecule has 1 atom stereocenters. The highest BCUT2D eigenvalue weighted by Gasteiger charge is 2.24. The van der Waals surface area contributed by atoms with E-state index >= 15 is 0 Å². The van der Waals surface area contributed by atoms with Crippen LogP contribution in [0, 0.1) is 0 Å². The molecule has 1 aromatic rings. The summed E-state index contributed by atoms with van der Waals surface area (Å²) in [5.41, 5.74) is 0. The number of nitrogens with zero attached hydrogens (tertiary/aromatic N) is 3. The molecule has 3 rings (SSSR count). The monoisotopic (exact) mass is 283 g/mol. The van der Waals surface area contributed by atoms with Crippen molar-refractivity contribution >= 4 is 11.6 Å². The van der Waals surface area contributed by atoms with Crippen LogP contribution in [-0.2, 0) is 6.54 Å². The number of halogens is 1. The lowest BCUT2D eigenvalue weighted by molar-refractivity contribution is 0.209. The summed E-state index contributed by atoms with van der Waals surface area (Å²) in [5.74, 6) is 0.759. The third-order valence-electron chi connectivity index (χ3n) is 4.40. The molecule has 0 spiro atoms. The van der Waals surface area contributed by atoms with Gasteiger partial charge in [0.15, 0.2) is 10.9 Å². The number of likely N-dealkylation sites (N-methyl/N-ethyl adjacent to an activating group) is 1. The van der Waals surface area contributed by atoms with Gasteiger partial charge in [-0.1, -0.05) is 11.6 Å². The van der Waals surface area contributed by atoms with Crippen molar-refractivity contribution in [3.63, 3.8) is 0 Å². The summed E-state index contributed by atoms with van der Waals surface area (Å²) >= 11 is 6.39. The van der Waals surface area contributed by atoms with Crippen LogP contribution in [0.25, 0.3) is 0 Å². The number of rotatable bonds is 4. The van der Waals surface area contributed by atoms with Crippen molar-refractivity contribution in [1.82, 2.24) is 14.7 Å². The van der Waals surface area contributed by atoms with E-state index in [0.717, 1.165) is 25.1 Å². The molecule has 1 aromatic heterocycles. The van der Waals surface area contributed by atoms with Crippen LogP contribution in [0.3, 0.4) is 0 Å². The van der Waals surface area contributed by atoms with E-state index in [4.69, 9.17) is 16.3 Å². The van der Waals surface area contributed by atoms with Crippen molar-refractivity contribution in [1.29, 1.82) is 0 Å². The highest BCUT2D eigenvalue weighted by Crippen LogP contribution is 2.30. The van der Waals surface area contributed by atoms with Gasteiger partial charge in [-0.15, -0.1) is 0 Å². The van der Waals surface area contributed by atoms with Crippen LogP contribution < -0.4 is 4.74 Å². The molecular formula is C14H22ClN3O. The Morgan fingerprint density at radius 1 is 1.32 bits per heavy atom. The van der Waals surface area contributed by atoms with E-state index in [9.17, 15) is 0 Å². The second-order valence-corrected chi connectivity index (χ2v) is 6.14. The van der Waals surface area contributed by atoms with Crippen LogP contribution in [0.2, 0.25) is 5.15 Å². The number of hydrogen-bond acceptors (Lipinski definition) is 3. The molecule has 4 nitrogen and oxygen atoms in total. The summed E-state index contributed by atoms with van der Waals surface area (Å²) in [6, 6.07) is 0.553. The smallest absolute Gasteiger partial charge is 0.176 e. The van der Waals surface area contributed by atoms with Crippen LogP contribution in [0.5, 0.6) is 5.75 Å². The van der Waals surface area contributed by atoms with E-state index in [1.54, 1.807) is 6.20 Å². The first-order chi connectivity index (χ1) is 9.24. The van der Waals surface area contributed by atoms with Crippen LogP contribution in [-0.4, -0.2) is 40.4 Å². The predicted molar refractivity (Wildman–Crippen MR) is 75.8 cm³/mol. The minimum Gasteiger partial charge on any atom is -0.486 e. The molecule has 1 saturated carbocycles. The summed E-state index contributed by atoms with van der Waals surface area (Å²) in [6.45, 7) is 2.04. The number of ether oxygens (including phenoxy) is 1. The predicted octanol–water partition coefficient (Wildman–Crippen LogP) is 2.95. The molecule has 0 bridgehead atoms. The maximum Gasteiger partial charge on any atom is 0.176 e. The zero-order valence-electron chi connectivity index (χ0n) is 11.5. The van der Waals surface area contributed by atoms with E-state index in [-0.39, 0.29) is 0 Å². The van der Waals surface area contributed by atoms with Crippen LogP contribution in [0.1, 0.15) is 38.5 Å². The summed E-state index contributed by atoms with van der Waals surface area (Å²) in [4.78, 5) is 2.38. The van der Waals surface area contributed by atoms with E-state index in [2.05, 4.69) is 17.0 Å². The van der Waals surface area contributed by atoms with E-state index < -0.39 is 0 Å². The second-order valence-electron chi connectivity index (χ2n) is 5.78. The molecular weight excluding hydrogens is 262 g/mol. The highest BCUT2D eigenvalue weighted by molar-refractivity contribution is 6.31. The summed E-state index contributed by atoms with van der Waals surface area (Å²) in [5, 5.41) is 5.05. The Bertz CT molecular complexity index is 428. The van der Waals surface area contributed by atoms with Crippen LogP contribution in [0.4, 0.5) is 0 Å². The molecule has 0 amide bonds. The van der Waals surface area contributed by atoms with Gasteiger partial charge >= 0.3 is 0 Å². The van der Waals surface area contributed by atoms with Crippen molar-refractivity contribution in [3.8, 4) is 5.75 Å². The fourth-order valence-electron chi connectivity index (χ4n) is 3.15. The molecule has 19 heavy (non-hydrogen) atoms. The van der Waals surface area contributed by atoms with E-state index in [1.165, 1.54) is 32.2 Å². The third-order valence-corrected chi connectivity index (χ3v) is 4.78. The molecule has 2 fully saturated rings. The first-order valence-electron chi connectivity index (χ1n) is 7.32. The molecule has 1 aliphatic heterocycles. The van der Waals surface area contributed by atoms with Crippen LogP contribution in [0.15, 0.2) is 6.20 Å². The van der Waals surface area contributed by atoms with E-state index in [0.29, 0.717) is 17.3 Å². The fourth-order valence-corrected chi connectivity index (χ4v) is 3.36. The average molecular weight is 284 g/mol. The molecule has 2 aliphatic rings. The Morgan fingerprint density at radius 2 is 2.11 bits per heavy atom. The van der Waals surface area contributed by atoms with Gasteiger partial charge in [0.05, 0.1) is 18.8 Å². The maximum atomic E-state index is 6.39. The lowest BCUT2D eigenvalue weighted by Gasteiger charge is -2.19. The zero-order chi connectivity index (χ0) is 13.2. The first kappa shape index (κ1) is 13.3.